The van der Waals surface area contributed by atoms with E-state index in [1.165, 1.54) is 11.3 Å². The molecule has 3 heterocycles. The fraction of sp³-hybridized carbons (Fsp3) is 0.458. The van der Waals surface area contributed by atoms with E-state index in [-0.39, 0.29) is 11.8 Å². The van der Waals surface area contributed by atoms with E-state index in [4.69, 9.17) is 4.74 Å². The number of morpholine rings is 1. The van der Waals surface area contributed by atoms with Crippen LogP contribution in [0.4, 0.5) is 11.4 Å². The summed E-state index contributed by atoms with van der Waals surface area (Å²) in [4.78, 5) is 33.9. The highest BCUT2D eigenvalue weighted by Gasteiger charge is 2.26. The van der Waals surface area contributed by atoms with E-state index in [0.29, 0.717) is 31.2 Å². The van der Waals surface area contributed by atoms with Gasteiger partial charge in [0.25, 0.3) is 5.91 Å². The minimum absolute atomic E-state index is 0.190. The Bertz CT molecular complexity index is 946. The van der Waals surface area contributed by atoms with Crippen LogP contribution in [0.25, 0.3) is 0 Å². The number of ether oxygens (including phenoxy) is 1. The first-order valence-corrected chi connectivity index (χ1v) is 12.1. The van der Waals surface area contributed by atoms with Crippen molar-refractivity contribution in [1.29, 1.82) is 0 Å². The summed E-state index contributed by atoms with van der Waals surface area (Å²) in [6.45, 7) is 8.17. The second-order valence-electron chi connectivity index (χ2n) is 8.12. The van der Waals surface area contributed by atoms with Crippen molar-refractivity contribution >= 4 is 34.5 Å². The van der Waals surface area contributed by atoms with Crippen molar-refractivity contribution in [2.75, 3.05) is 49.6 Å². The number of hydrogen-bond donors (Lipinski definition) is 1. The number of carbonyl (C=O) groups is 2. The maximum Gasteiger partial charge on any atom is 0.275 e. The number of likely N-dealkylation sites (tertiary alicyclic amines) is 1. The van der Waals surface area contributed by atoms with Gasteiger partial charge in [-0.15, -0.1) is 17.9 Å². The van der Waals surface area contributed by atoms with Crippen LogP contribution in [0.15, 0.2) is 42.3 Å². The molecule has 2 aliphatic heterocycles. The molecule has 2 aromatic rings. The molecule has 0 unspecified atom stereocenters. The molecule has 0 aliphatic carbocycles. The van der Waals surface area contributed by atoms with Gasteiger partial charge in [-0.2, -0.15) is 0 Å². The number of nitrogens with one attached hydrogen (secondary N) is 1. The number of para-hydroxylation sites is 2. The van der Waals surface area contributed by atoms with Gasteiger partial charge in [-0.3, -0.25) is 9.59 Å². The first kappa shape index (κ1) is 22.5. The van der Waals surface area contributed by atoms with Gasteiger partial charge in [0.05, 0.1) is 29.6 Å². The number of piperidine rings is 1. The summed E-state index contributed by atoms with van der Waals surface area (Å²) >= 11 is 1.54. The summed E-state index contributed by atoms with van der Waals surface area (Å²) in [7, 11) is 0. The van der Waals surface area contributed by atoms with Gasteiger partial charge in [-0.05, 0) is 31.4 Å². The summed E-state index contributed by atoms with van der Waals surface area (Å²) < 4.78 is 5.45. The Morgan fingerprint density at radius 1 is 1.19 bits per heavy atom. The molecule has 7 nitrogen and oxygen atoms in total. The number of benzene rings is 1. The molecule has 0 radical (unpaired) electrons. The molecule has 8 heteroatoms. The third kappa shape index (κ3) is 5.37. The standard InChI is InChI=1S/C24H30N4O3S/c1-2-3-8-22(29)28-11-9-18(10-12-28)24-26-20(17-32-24)23(30)25-19-6-4-5-7-21(19)27-13-15-31-16-14-27/h2,4-7,17-18H,1,3,8-16H2,(H,25,30). The monoisotopic (exact) mass is 454 g/mol. The first-order valence-electron chi connectivity index (χ1n) is 11.2. The molecule has 2 fully saturated rings. The topological polar surface area (TPSA) is 74.8 Å². The zero-order chi connectivity index (χ0) is 22.3. The molecule has 0 spiro atoms. The third-order valence-electron chi connectivity index (χ3n) is 6.02. The maximum atomic E-state index is 12.9. The number of thiazole rings is 1. The average molecular weight is 455 g/mol. The largest absolute Gasteiger partial charge is 0.378 e. The Hall–Kier alpha value is -2.71. The van der Waals surface area contributed by atoms with E-state index in [1.807, 2.05) is 34.5 Å². The molecule has 1 aromatic carbocycles. The van der Waals surface area contributed by atoms with Crippen LogP contribution < -0.4 is 10.2 Å². The molecular formula is C24H30N4O3S. The van der Waals surface area contributed by atoms with Gasteiger partial charge in [-0.1, -0.05) is 18.2 Å². The van der Waals surface area contributed by atoms with Gasteiger partial charge in [0.2, 0.25) is 5.91 Å². The van der Waals surface area contributed by atoms with Gasteiger partial charge < -0.3 is 19.9 Å². The summed E-state index contributed by atoms with van der Waals surface area (Å²) in [5, 5.41) is 5.86. The Balaban J connectivity index is 1.36. The average Bonchev–Trinajstić information content (AvgIpc) is 3.34. The van der Waals surface area contributed by atoms with E-state index in [2.05, 4.69) is 21.8 Å². The fourth-order valence-corrected chi connectivity index (χ4v) is 5.16. The number of aromatic nitrogens is 1. The van der Waals surface area contributed by atoms with Gasteiger partial charge >= 0.3 is 0 Å². The van der Waals surface area contributed by atoms with E-state index in [0.717, 1.165) is 61.8 Å². The lowest BCUT2D eigenvalue weighted by Gasteiger charge is -2.31. The van der Waals surface area contributed by atoms with Crippen molar-refractivity contribution in [1.82, 2.24) is 9.88 Å². The minimum atomic E-state index is -0.190. The highest BCUT2D eigenvalue weighted by Crippen LogP contribution is 2.31. The predicted molar refractivity (Wildman–Crippen MR) is 128 cm³/mol. The van der Waals surface area contributed by atoms with Gasteiger partial charge in [0.15, 0.2) is 0 Å². The molecule has 4 rings (SSSR count). The number of carbonyl (C=O) groups excluding carboxylic acids is 2. The van der Waals surface area contributed by atoms with Crippen LogP contribution in [0.2, 0.25) is 0 Å². The summed E-state index contributed by atoms with van der Waals surface area (Å²) in [6, 6.07) is 7.86. The second kappa shape index (κ2) is 10.7. The number of rotatable bonds is 7. The van der Waals surface area contributed by atoms with Crippen molar-refractivity contribution in [3.8, 4) is 0 Å². The van der Waals surface area contributed by atoms with Gasteiger partial charge in [0.1, 0.15) is 5.69 Å². The molecule has 0 bridgehead atoms. The van der Waals surface area contributed by atoms with Crippen molar-refractivity contribution in [3.63, 3.8) is 0 Å². The number of nitrogens with zero attached hydrogens (tertiary/aromatic N) is 3. The molecule has 170 valence electrons. The summed E-state index contributed by atoms with van der Waals surface area (Å²) in [6.07, 6.45) is 4.80. The van der Waals surface area contributed by atoms with Crippen LogP contribution in [-0.4, -0.2) is 61.1 Å². The maximum absolute atomic E-state index is 12.9. The zero-order valence-electron chi connectivity index (χ0n) is 18.3. The molecule has 2 amide bonds. The molecule has 2 aliphatic rings. The molecule has 2 saturated heterocycles. The van der Waals surface area contributed by atoms with Crippen LogP contribution in [0.3, 0.4) is 0 Å². The highest BCUT2D eigenvalue weighted by atomic mass is 32.1. The Morgan fingerprint density at radius 2 is 1.94 bits per heavy atom. The van der Waals surface area contributed by atoms with Crippen LogP contribution in [-0.2, 0) is 9.53 Å². The molecule has 0 atom stereocenters. The minimum Gasteiger partial charge on any atom is -0.378 e. The first-order chi connectivity index (χ1) is 15.7. The van der Waals surface area contributed by atoms with E-state index in [9.17, 15) is 9.59 Å². The van der Waals surface area contributed by atoms with Crippen molar-refractivity contribution in [2.45, 2.75) is 31.6 Å². The van der Waals surface area contributed by atoms with E-state index >= 15 is 0 Å². The SMILES string of the molecule is C=CCCC(=O)N1CCC(c2nc(C(=O)Nc3ccccc3N3CCOCC3)cs2)CC1. The summed E-state index contributed by atoms with van der Waals surface area (Å²) in [5.41, 5.74) is 2.25. The van der Waals surface area contributed by atoms with Crippen molar-refractivity contribution in [2.24, 2.45) is 0 Å². The van der Waals surface area contributed by atoms with Crippen molar-refractivity contribution < 1.29 is 14.3 Å². The number of hydrogen-bond acceptors (Lipinski definition) is 6. The highest BCUT2D eigenvalue weighted by molar-refractivity contribution is 7.10. The van der Waals surface area contributed by atoms with Crippen LogP contribution in [0.5, 0.6) is 0 Å². The lowest BCUT2D eigenvalue weighted by Crippen LogP contribution is -2.37. The lowest BCUT2D eigenvalue weighted by atomic mass is 9.97. The smallest absolute Gasteiger partial charge is 0.275 e. The fourth-order valence-electron chi connectivity index (χ4n) is 4.18. The molecule has 0 saturated carbocycles. The van der Waals surface area contributed by atoms with Crippen molar-refractivity contribution in [3.05, 3.63) is 53.0 Å². The molecule has 1 aromatic heterocycles. The third-order valence-corrected chi connectivity index (χ3v) is 7.03. The predicted octanol–water partition coefficient (Wildman–Crippen LogP) is 3.90. The van der Waals surface area contributed by atoms with Crippen LogP contribution in [0.1, 0.15) is 47.1 Å². The molecular weight excluding hydrogens is 424 g/mol. The molecule has 1 N–H and O–H groups in total. The van der Waals surface area contributed by atoms with Gasteiger partial charge in [0, 0.05) is 43.9 Å². The van der Waals surface area contributed by atoms with Crippen LogP contribution >= 0.6 is 11.3 Å². The quantitative estimate of drug-likeness (QED) is 0.642. The number of allylic oxidation sites excluding steroid dienone is 1. The lowest BCUT2D eigenvalue weighted by molar-refractivity contribution is -0.132. The molecule has 32 heavy (non-hydrogen) atoms. The Labute approximate surface area is 193 Å². The van der Waals surface area contributed by atoms with Gasteiger partial charge in [-0.25, -0.2) is 4.98 Å². The Kier molecular flexibility index (Phi) is 7.55. The Morgan fingerprint density at radius 3 is 2.69 bits per heavy atom. The second-order valence-corrected chi connectivity index (χ2v) is 9.01. The normalized spacial score (nSPS) is 17.2. The number of amides is 2. The number of anilines is 2. The van der Waals surface area contributed by atoms with E-state index in [1.54, 1.807) is 6.08 Å². The summed E-state index contributed by atoms with van der Waals surface area (Å²) in [5.74, 6) is 0.303. The zero-order valence-corrected chi connectivity index (χ0v) is 19.1. The van der Waals surface area contributed by atoms with E-state index < -0.39 is 0 Å². The van der Waals surface area contributed by atoms with Crippen LogP contribution in [0, 0.1) is 0 Å².